The second-order valence-electron chi connectivity index (χ2n) is 8.06. The SMILES string of the molecule is Cc1cc(/C(O)=C2/C(=O)C(=O)N(c3ccc(Oc4ccccc4)cc3)C2c2cccs2)ccc1Br. The van der Waals surface area contributed by atoms with Gasteiger partial charge in [-0.05, 0) is 72.5 Å². The van der Waals surface area contributed by atoms with Crippen LogP contribution in [0.25, 0.3) is 5.76 Å². The molecule has 5 rings (SSSR count). The van der Waals surface area contributed by atoms with Gasteiger partial charge >= 0.3 is 0 Å². The Bertz CT molecular complexity index is 1430. The van der Waals surface area contributed by atoms with Gasteiger partial charge in [0.05, 0.1) is 5.57 Å². The number of para-hydroxylation sites is 1. The summed E-state index contributed by atoms with van der Waals surface area (Å²) < 4.78 is 6.75. The second-order valence-corrected chi connectivity index (χ2v) is 9.89. The first-order chi connectivity index (χ1) is 16.9. The molecule has 1 aromatic heterocycles. The van der Waals surface area contributed by atoms with E-state index in [9.17, 15) is 14.7 Å². The Balaban J connectivity index is 1.56. The second kappa shape index (κ2) is 9.52. The minimum absolute atomic E-state index is 0.0729. The molecule has 2 heterocycles. The smallest absolute Gasteiger partial charge is 0.300 e. The Hall–Kier alpha value is -3.68. The lowest BCUT2D eigenvalue weighted by molar-refractivity contribution is -0.132. The van der Waals surface area contributed by atoms with E-state index in [1.165, 1.54) is 16.2 Å². The third kappa shape index (κ3) is 4.40. The van der Waals surface area contributed by atoms with Crippen molar-refractivity contribution in [1.29, 1.82) is 0 Å². The predicted molar refractivity (Wildman–Crippen MR) is 141 cm³/mol. The van der Waals surface area contributed by atoms with Gasteiger partial charge in [-0.15, -0.1) is 11.3 Å². The number of halogens is 1. The topological polar surface area (TPSA) is 66.8 Å². The van der Waals surface area contributed by atoms with Gasteiger partial charge in [0.25, 0.3) is 11.7 Å². The minimum atomic E-state index is -0.736. The van der Waals surface area contributed by atoms with Crippen LogP contribution in [-0.2, 0) is 9.59 Å². The summed E-state index contributed by atoms with van der Waals surface area (Å²) in [6.07, 6.45) is 0. The van der Waals surface area contributed by atoms with Gasteiger partial charge in [-0.2, -0.15) is 0 Å². The van der Waals surface area contributed by atoms with Gasteiger partial charge in [0.15, 0.2) is 0 Å². The van der Waals surface area contributed by atoms with E-state index >= 15 is 0 Å². The Morgan fingerprint density at radius 2 is 1.66 bits per heavy atom. The monoisotopic (exact) mass is 545 g/mol. The van der Waals surface area contributed by atoms with Crippen LogP contribution in [0.5, 0.6) is 11.5 Å². The van der Waals surface area contributed by atoms with E-state index in [-0.39, 0.29) is 11.3 Å². The summed E-state index contributed by atoms with van der Waals surface area (Å²) in [6.45, 7) is 1.90. The Kier molecular flexibility index (Phi) is 6.28. The van der Waals surface area contributed by atoms with E-state index in [1.807, 2.05) is 60.8 Å². The number of ketones is 1. The summed E-state index contributed by atoms with van der Waals surface area (Å²) in [4.78, 5) is 28.7. The largest absolute Gasteiger partial charge is 0.507 e. The number of ether oxygens (including phenoxy) is 1. The van der Waals surface area contributed by atoms with Gasteiger partial charge < -0.3 is 9.84 Å². The van der Waals surface area contributed by atoms with Crippen LogP contribution in [0.1, 0.15) is 22.0 Å². The summed E-state index contributed by atoms with van der Waals surface area (Å²) in [6, 6.07) is 24.7. The first-order valence-electron chi connectivity index (χ1n) is 10.9. The molecule has 1 aliphatic heterocycles. The molecule has 1 amide bonds. The van der Waals surface area contributed by atoms with E-state index in [0.717, 1.165) is 14.9 Å². The number of carbonyl (C=O) groups is 2. The molecule has 35 heavy (non-hydrogen) atoms. The summed E-state index contributed by atoms with van der Waals surface area (Å²) in [7, 11) is 0. The van der Waals surface area contributed by atoms with Crippen LogP contribution < -0.4 is 9.64 Å². The summed E-state index contributed by atoms with van der Waals surface area (Å²) in [5.41, 5.74) is 2.00. The van der Waals surface area contributed by atoms with Crippen molar-refractivity contribution in [2.24, 2.45) is 0 Å². The quantitative estimate of drug-likeness (QED) is 0.163. The van der Waals surface area contributed by atoms with Crippen molar-refractivity contribution >= 4 is 50.4 Å². The number of benzene rings is 3. The molecule has 1 saturated heterocycles. The average molecular weight is 546 g/mol. The Labute approximate surface area is 215 Å². The molecular formula is C28H20BrNO4S. The lowest BCUT2D eigenvalue weighted by Crippen LogP contribution is -2.29. The number of hydrogen-bond donors (Lipinski definition) is 1. The van der Waals surface area contributed by atoms with Crippen molar-refractivity contribution in [3.8, 4) is 11.5 Å². The number of aryl methyl sites for hydroxylation is 1. The van der Waals surface area contributed by atoms with Gasteiger partial charge in [-0.3, -0.25) is 14.5 Å². The first-order valence-corrected chi connectivity index (χ1v) is 12.5. The fraction of sp³-hybridized carbons (Fsp3) is 0.0714. The molecule has 0 spiro atoms. The number of hydrogen-bond acceptors (Lipinski definition) is 5. The predicted octanol–water partition coefficient (Wildman–Crippen LogP) is 7.24. The highest BCUT2D eigenvalue weighted by Crippen LogP contribution is 2.44. The fourth-order valence-electron chi connectivity index (χ4n) is 4.06. The lowest BCUT2D eigenvalue weighted by atomic mass is 9.99. The van der Waals surface area contributed by atoms with Crippen LogP contribution in [-0.4, -0.2) is 16.8 Å². The number of rotatable bonds is 5. The van der Waals surface area contributed by atoms with Crippen molar-refractivity contribution in [3.63, 3.8) is 0 Å². The number of amides is 1. The van der Waals surface area contributed by atoms with Gasteiger partial charge in [0.2, 0.25) is 0 Å². The molecular weight excluding hydrogens is 526 g/mol. The molecule has 174 valence electrons. The van der Waals surface area contributed by atoms with Crippen molar-refractivity contribution in [3.05, 3.63) is 116 Å². The molecule has 1 atom stereocenters. The van der Waals surface area contributed by atoms with E-state index in [2.05, 4.69) is 15.9 Å². The maximum atomic E-state index is 13.3. The number of carbonyl (C=O) groups excluding carboxylic acids is 2. The number of Topliss-reactive ketones (excluding diaryl/α,β-unsaturated/α-hetero) is 1. The van der Waals surface area contributed by atoms with Gasteiger partial charge in [0, 0.05) is 20.6 Å². The number of aliphatic hydroxyl groups excluding tert-OH is 1. The van der Waals surface area contributed by atoms with Crippen molar-refractivity contribution in [2.45, 2.75) is 13.0 Å². The van der Waals surface area contributed by atoms with Crippen LogP contribution in [0.2, 0.25) is 0 Å². The van der Waals surface area contributed by atoms with Crippen molar-refractivity contribution in [2.75, 3.05) is 4.90 Å². The third-order valence-electron chi connectivity index (χ3n) is 5.78. The van der Waals surface area contributed by atoms with E-state index < -0.39 is 17.7 Å². The van der Waals surface area contributed by atoms with Crippen molar-refractivity contribution < 1.29 is 19.4 Å². The lowest BCUT2D eigenvalue weighted by Gasteiger charge is -2.24. The molecule has 7 heteroatoms. The molecule has 4 aromatic rings. The maximum absolute atomic E-state index is 13.3. The normalized spacial score (nSPS) is 17.1. The summed E-state index contributed by atoms with van der Waals surface area (Å²) in [5, 5.41) is 13.1. The van der Waals surface area contributed by atoms with Gasteiger partial charge in [0.1, 0.15) is 23.3 Å². The number of aliphatic hydroxyl groups is 1. The number of thiophene rings is 1. The van der Waals surface area contributed by atoms with Crippen LogP contribution in [0, 0.1) is 6.92 Å². The molecule has 3 aromatic carbocycles. The molecule has 1 unspecified atom stereocenters. The highest BCUT2D eigenvalue weighted by molar-refractivity contribution is 9.10. The molecule has 1 N–H and O–H groups in total. The van der Waals surface area contributed by atoms with Crippen LogP contribution in [0.4, 0.5) is 5.69 Å². The maximum Gasteiger partial charge on any atom is 0.300 e. The zero-order chi connectivity index (χ0) is 24.5. The number of nitrogens with zero attached hydrogens (tertiary/aromatic N) is 1. The van der Waals surface area contributed by atoms with E-state index in [1.54, 1.807) is 36.4 Å². The zero-order valence-corrected chi connectivity index (χ0v) is 21.0. The summed E-state index contributed by atoms with van der Waals surface area (Å²) in [5.74, 6) is -0.288. The third-order valence-corrected chi connectivity index (χ3v) is 7.60. The molecule has 0 aliphatic carbocycles. The van der Waals surface area contributed by atoms with Gasteiger partial charge in [-0.1, -0.05) is 46.3 Å². The molecule has 0 saturated carbocycles. The van der Waals surface area contributed by atoms with Crippen molar-refractivity contribution in [1.82, 2.24) is 0 Å². The standard InChI is InChI=1S/C28H20BrNO4S/c1-17-16-18(9-14-22(17)29)26(31)24-25(23-8-5-15-35-23)30(28(33)27(24)32)19-10-12-21(13-11-19)34-20-6-3-2-4-7-20/h2-16,25,31H,1H3/b26-24-. The number of anilines is 1. The molecule has 1 aliphatic rings. The fourth-order valence-corrected chi connectivity index (χ4v) is 5.13. The molecule has 1 fully saturated rings. The highest BCUT2D eigenvalue weighted by atomic mass is 79.9. The highest BCUT2D eigenvalue weighted by Gasteiger charge is 2.47. The first kappa shape index (κ1) is 23.1. The van der Waals surface area contributed by atoms with Gasteiger partial charge in [-0.25, -0.2) is 0 Å². The van der Waals surface area contributed by atoms with Crippen LogP contribution >= 0.6 is 27.3 Å². The zero-order valence-electron chi connectivity index (χ0n) is 18.6. The van der Waals surface area contributed by atoms with E-state index in [0.29, 0.717) is 22.7 Å². The molecule has 0 bridgehead atoms. The Morgan fingerprint density at radius 3 is 2.31 bits per heavy atom. The average Bonchev–Trinajstić information content (AvgIpc) is 3.49. The van der Waals surface area contributed by atoms with E-state index in [4.69, 9.17) is 4.74 Å². The Morgan fingerprint density at radius 1 is 0.943 bits per heavy atom. The van der Waals surface area contributed by atoms with Crippen LogP contribution in [0.15, 0.2) is 100 Å². The van der Waals surface area contributed by atoms with Crippen LogP contribution in [0.3, 0.4) is 0 Å². The minimum Gasteiger partial charge on any atom is -0.507 e. The summed E-state index contributed by atoms with van der Waals surface area (Å²) >= 11 is 4.88. The molecule has 0 radical (unpaired) electrons. The molecule has 5 nitrogen and oxygen atoms in total.